The van der Waals surface area contributed by atoms with E-state index in [2.05, 4.69) is 20.1 Å². The van der Waals surface area contributed by atoms with Gasteiger partial charge in [0, 0.05) is 24.3 Å². The molecule has 0 aromatic carbocycles. The molecule has 1 fully saturated rings. The van der Waals surface area contributed by atoms with Crippen molar-refractivity contribution in [3.05, 3.63) is 39.2 Å². The Hall–Kier alpha value is -2.51. The van der Waals surface area contributed by atoms with Gasteiger partial charge in [-0.05, 0) is 27.2 Å². The lowest BCUT2D eigenvalue weighted by atomic mass is 10.1. The van der Waals surface area contributed by atoms with Gasteiger partial charge < -0.3 is 14.4 Å². The van der Waals surface area contributed by atoms with Gasteiger partial charge in [-0.25, -0.2) is 4.98 Å². The number of aromatic nitrogens is 4. The molecule has 0 bridgehead atoms. The molecule has 2 aromatic rings. The molecule has 1 N–H and O–H groups in total. The molecule has 0 aliphatic carbocycles. The van der Waals surface area contributed by atoms with Crippen LogP contribution in [0.5, 0.6) is 0 Å². The average molecular weight is 317 g/mol. The maximum absolute atomic E-state index is 12.5. The van der Waals surface area contributed by atoms with E-state index in [0.29, 0.717) is 41.9 Å². The second kappa shape index (κ2) is 5.94. The van der Waals surface area contributed by atoms with Crippen LogP contribution in [0.1, 0.15) is 41.1 Å². The van der Waals surface area contributed by atoms with Crippen molar-refractivity contribution in [2.75, 3.05) is 13.1 Å². The summed E-state index contributed by atoms with van der Waals surface area (Å²) in [5.41, 5.74) is 0.784. The van der Waals surface area contributed by atoms with E-state index in [1.807, 2.05) is 0 Å². The lowest BCUT2D eigenvalue weighted by molar-refractivity contribution is -0.129. The second-order valence-electron chi connectivity index (χ2n) is 5.90. The van der Waals surface area contributed by atoms with Crippen molar-refractivity contribution in [2.45, 2.75) is 39.5 Å². The van der Waals surface area contributed by atoms with Gasteiger partial charge in [0.1, 0.15) is 5.82 Å². The average Bonchev–Trinajstić information content (AvgIpc) is 3.11. The number of aryl methyl sites for hydroxylation is 3. The van der Waals surface area contributed by atoms with E-state index in [-0.39, 0.29) is 23.8 Å². The van der Waals surface area contributed by atoms with Crippen LogP contribution in [-0.2, 0) is 11.2 Å². The minimum atomic E-state index is -0.244. The fraction of sp³-hybridized carbons (Fsp3) is 0.533. The summed E-state index contributed by atoms with van der Waals surface area (Å²) in [7, 11) is 0. The largest absolute Gasteiger partial charge is 0.342 e. The molecule has 0 saturated carbocycles. The molecule has 1 amide bonds. The first-order chi connectivity index (χ1) is 10.9. The number of aromatic amines is 1. The van der Waals surface area contributed by atoms with Gasteiger partial charge in [-0.15, -0.1) is 0 Å². The zero-order chi connectivity index (χ0) is 16.6. The van der Waals surface area contributed by atoms with E-state index >= 15 is 0 Å². The molecule has 8 heteroatoms. The molecule has 8 nitrogen and oxygen atoms in total. The van der Waals surface area contributed by atoms with Crippen LogP contribution in [0, 0.1) is 20.8 Å². The van der Waals surface area contributed by atoms with Gasteiger partial charge >= 0.3 is 0 Å². The SMILES string of the molecule is Cc1noc([C@H]2CCN(C(=O)Cc3c(C)nc(C)[nH]c3=O)C2)n1. The monoisotopic (exact) mass is 317 g/mol. The predicted molar refractivity (Wildman–Crippen MR) is 81.0 cm³/mol. The Morgan fingerprint density at radius 2 is 2.13 bits per heavy atom. The summed E-state index contributed by atoms with van der Waals surface area (Å²) in [4.78, 5) is 37.3. The highest BCUT2D eigenvalue weighted by Crippen LogP contribution is 2.26. The third-order valence-electron chi connectivity index (χ3n) is 4.10. The summed E-state index contributed by atoms with van der Waals surface area (Å²) in [5, 5.41) is 3.79. The van der Waals surface area contributed by atoms with Crippen molar-refractivity contribution in [2.24, 2.45) is 0 Å². The third kappa shape index (κ3) is 3.15. The van der Waals surface area contributed by atoms with Crippen LogP contribution >= 0.6 is 0 Å². The number of amides is 1. The predicted octanol–water partition coefficient (Wildman–Crippen LogP) is 0.637. The summed E-state index contributed by atoms with van der Waals surface area (Å²) in [6.07, 6.45) is 0.846. The summed E-state index contributed by atoms with van der Waals surface area (Å²) >= 11 is 0. The number of rotatable bonds is 3. The molecule has 2 aromatic heterocycles. The van der Waals surface area contributed by atoms with Crippen LogP contribution in [0.25, 0.3) is 0 Å². The highest BCUT2D eigenvalue weighted by molar-refractivity contribution is 5.79. The molecule has 3 rings (SSSR count). The molecule has 0 radical (unpaired) electrons. The smallest absolute Gasteiger partial charge is 0.254 e. The van der Waals surface area contributed by atoms with E-state index in [0.717, 1.165) is 6.42 Å². The molecule has 0 unspecified atom stereocenters. The highest BCUT2D eigenvalue weighted by Gasteiger charge is 2.31. The van der Waals surface area contributed by atoms with Gasteiger partial charge in [0.2, 0.25) is 11.8 Å². The van der Waals surface area contributed by atoms with Gasteiger partial charge in [-0.3, -0.25) is 9.59 Å². The molecule has 1 saturated heterocycles. The number of hydrogen-bond acceptors (Lipinski definition) is 6. The Morgan fingerprint density at radius 3 is 2.78 bits per heavy atom. The number of nitrogens with zero attached hydrogens (tertiary/aromatic N) is 4. The van der Waals surface area contributed by atoms with Crippen molar-refractivity contribution >= 4 is 5.91 Å². The molecule has 1 aliphatic rings. The van der Waals surface area contributed by atoms with Gasteiger partial charge in [0.05, 0.1) is 12.3 Å². The molecular formula is C15H19N5O3. The van der Waals surface area contributed by atoms with Gasteiger partial charge in [0.25, 0.3) is 5.56 Å². The minimum absolute atomic E-state index is 0.0596. The van der Waals surface area contributed by atoms with E-state index < -0.39 is 0 Å². The van der Waals surface area contributed by atoms with Crippen molar-refractivity contribution in [3.63, 3.8) is 0 Å². The van der Waals surface area contributed by atoms with Crippen molar-refractivity contribution in [1.82, 2.24) is 25.0 Å². The quantitative estimate of drug-likeness (QED) is 0.890. The number of carbonyl (C=O) groups excluding carboxylic acids is 1. The van der Waals surface area contributed by atoms with Crippen LogP contribution in [0.15, 0.2) is 9.32 Å². The van der Waals surface area contributed by atoms with Crippen molar-refractivity contribution < 1.29 is 9.32 Å². The van der Waals surface area contributed by atoms with Gasteiger partial charge in [-0.1, -0.05) is 5.16 Å². The van der Waals surface area contributed by atoms with Gasteiger partial charge in [0.15, 0.2) is 5.82 Å². The molecular weight excluding hydrogens is 298 g/mol. The Kier molecular flexibility index (Phi) is 3.97. The number of nitrogens with one attached hydrogen (secondary N) is 1. The molecule has 3 heterocycles. The summed E-state index contributed by atoms with van der Waals surface area (Å²) in [6, 6.07) is 0. The maximum atomic E-state index is 12.5. The topological polar surface area (TPSA) is 105 Å². The Morgan fingerprint density at radius 1 is 1.35 bits per heavy atom. The van der Waals surface area contributed by atoms with E-state index in [4.69, 9.17) is 4.52 Å². The van der Waals surface area contributed by atoms with E-state index in [9.17, 15) is 9.59 Å². The molecule has 1 aliphatic heterocycles. The Balaban J connectivity index is 1.69. The van der Waals surface area contributed by atoms with E-state index in [1.54, 1.807) is 25.7 Å². The van der Waals surface area contributed by atoms with Crippen molar-refractivity contribution in [1.29, 1.82) is 0 Å². The zero-order valence-electron chi connectivity index (χ0n) is 13.4. The minimum Gasteiger partial charge on any atom is -0.342 e. The van der Waals surface area contributed by atoms with Crippen LogP contribution in [-0.4, -0.2) is 44.0 Å². The summed E-state index contributed by atoms with van der Waals surface area (Å²) in [5.74, 6) is 1.71. The zero-order valence-corrected chi connectivity index (χ0v) is 13.4. The molecule has 1 atom stereocenters. The standard InChI is InChI=1S/C15H19N5O3/c1-8-12(14(22)17-9(2)16-8)6-13(21)20-5-4-11(7-20)15-18-10(3)19-23-15/h11H,4-7H2,1-3H3,(H,16,17,22)/t11-/m0/s1. The van der Waals surface area contributed by atoms with Crippen molar-refractivity contribution in [3.8, 4) is 0 Å². The second-order valence-corrected chi connectivity index (χ2v) is 5.90. The number of carbonyl (C=O) groups is 1. The third-order valence-corrected chi connectivity index (χ3v) is 4.10. The lowest BCUT2D eigenvalue weighted by Gasteiger charge is -2.16. The summed E-state index contributed by atoms with van der Waals surface area (Å²) in [6.45, 7) is 6.40. The normalized spacial score (nSPS) is 17.7. The first-order valence-corrected chi connectivity index (χ1v) is 7.58. The van der Waals surface area contributed by atoms with Crippen LogP contribution < -0.4 is 5.56 Å². The van der Waals surface area contributed by atoms with Gasteiger partial charge in [-0.2, -0.15) is 4.98 Å². The molecule has 122 valence electrons. The maximum Gasteiger partial charge on any atom is 0.254 e. The van der Waals surface area contributed by atoms with Crippen LogP contribution in [0.4, 0.5) is 0 Å². The number of H-pyrrole nitrogens is 1. The lowest BCUT2D eigenvalue weighted by Crippen LogP contribution is -2.32. The first kappa shape index (κ1) is 15.4. The number of likely N-dealkylation sites (tertiary alicyclic amines) is 1. The van der Waals surface area contributed by atoms with Crippen LogP contribution in [0.3, 0.4) is 0 Å². The summed E-state index contributed by atoms with van der Waals surface area (Å²) < 4.78 is 5.18. The Bertz CT molecular complexity index is 795. The number of hydrogen-bond donors (Lipinski definition) is 1. The first-order valence-electron chi connectivity index (χ1n) is 7.58. The fourth-order valence-corrected chi connectivity index (χ4v) is 2.89. The highest BCUT2D eigenvalue weighted by atomic mass is 16.5. The molecule has 23 heavy (non-hydrogen) atoms. The van der Waals surface area contributed by atoms with Crippen LogP contribution in [0.2, 0.25) is 0 Å². The molecule has 0 spiro atoms. The Labute approximate surface area is 132 Å². The fourth-order valence-electron chi connectivity index (χ4n) is 2.89. The van der Waals surface area contributed by atoms with E-state index in [1.165, 1.54) is 0 Å².